The molecule has 1 aliphatic heterocycles. The van der Waals surface area contributed by atoms with Crippen molar-refractivity contribution >= 4 is 28.3 Å². The van der Waals surface area contributed by atoms with Crippen LogP contribution in [0.5, 0.6) is 0 Å². The van der Waals surface area contributed by atoms with E-state index in [0.29, 0.717) is 19.7 Å². The Kier molecular flexibility index (Phi) is 6.84. The van der Waals surface area contributed by atoms with Gasteiger partial charge in [-0.3, -0.25) is 9.48 Å². The maximum absolute atomic E-state index is 12.2. The van der Waals surface area contributed by atoms with E-state index in [0.717, 1.165) is 47.6 Å². The van der Waals surface area contributed by atoms with E-state index < -0.39 is 0 Å². The molecule has 32 heavy (non-hydrogen) atoms. The first kappa shape index (κ1) is 22.0. The quantitative estimate of drug-likeness (QED) is 0.580. The summed E-state index contributed by atoms with van der Waals surface area (Å²) in [6, 6.07) is 8.24. The number of nitrogens with zero attached hydrogens (tertiary/aromatic N) is 6. The standard InChI is InChI=1S/C23H31N7O2/c1-4-30-15-18(14-24-30)17(3)25-22-19-8-6-7-9-20(19)23(27-26-22)29-12-10-28(11-13-29)21(31)16-32-5-2/h6-9,14-15,17H,4-5,10-13,16H2,1-3H3,(H,25,26). The molecule has 1 fully saturated rings. The van der Waals surface area contributed by atoms with Gasteiger partial charge >= 0.3 is 0 Å². The molecule has 9 heteroatoms. The molecule has 1 saturated heterocycles. The monoisotopic (exact) mass is 437 g/mol. The maximum atomic E-state index is 12.2. The predicted molar refractivity (Wildman–Crippen MR) is 125 cm³/mol. The van der Waals surface area contributed by atoms with Gasteiger partial charge in [0.1, 0.15) is 6.61 Å². The first-order valence-corrected chi connectivity index (χ1v) is 11.3. The molecule has 2 aromatic heterocycles. The number of rotatable bonds is 8. The molecule has 0 saturated carbocycles. The van der Waals surface area contributed by atoms with Crippen LogP contribution in [-0.4, -0.2) is 70.2 Å². The fourth-order valence-corrected chi connectivity index (χ4v) is 3.94. The Hall–Kier alpha value is -3.20. The summed E-state index contributed by atoms with van der Waals surface area (Å²) in [6.07, 6.45) is 3.94. The molecule has 3 heterocycles. The highest BCUT2D eigenvalue weighted by atomic mass is 16.5. The Morgan fingerprint density at radius 1 is 1.12 bits per heavy atom. The van der Waals surface area contributed by atoms with Gasteiger partial charge in [0.15, 0.2) is 11.6 Å². The minimum Gasteiger partial charge on any atom is -0.372 e. The first-order chi connectivity index (χ1) is 15.6. The minimum absolute atomic E-state index is 0.0439. The first-order valence-electron chi connectivity index (χ1n) is 11.3. The van der Waals surface area contributed by atoms with Crippen molar-refractivity contribution in [2.24, 2.45) is 0 Å². The van der Waals surface area contributed by atoms with Gasteiger partial charge in [-0.2, -0.15) is 5.10 Å². The second-order valence-electron chi connectivity index (χ2n) is 7.92. The van der Waals surface area contributed by atoms with Gasteiger partial charge < -0.3 is 19.9 Å². The second kappa shape index (κ2) is 9.95. The van der Waals surface area contributed by atoms with Crippen molar-refractivity contribution in [2.45, 2.75) is 33.4 Å². The Morgan fingerprint density at radius 2 is 1.88 bits per heavy atom. The van der Waals surface area contributed by atoms with Crippen molar-refractivity contribution in [3.63, 3.8) is 0 Å². The number of piperazine rings is 1. The number of benzene rings is 1. The van der Waals surface area contributed by atoms with Gasteiger partial charge in [-0.05, 0) is 20.8 Å². The Labute approximate surface area is 188 Å². The summed E-state index contributed by atoms with van der Waals surface area (Å²) in [5.41, 5.74) is 1.11. The molecule has 0 radical (unpaired) electrons. The summed E-state index contributed by atoms with van der Waals surface area (Å²) >= 11 is 0. The molecule has 170 valence electrons. The van der Waals surface area contributed by atoms with Crippen molar-refractivity contribution in [3.05, 3.63) is 42.2 Å². The van der Waals surface area contributed by atoms with Crippen LogP contribution in [0.3, 0.4) is 0 Å². The van der Waals surface area contributed by atoms with Gasteiger partial charge in [0, 0.05) is 61.9 Å². The Morgan fingerprint density at radius 3 is 2.56 bits per heavy atom. The van der Waals surface area contributed by atoms with Gasteiger partial charge in [-0.1, -0.05) is 24.3 Å². The lowest BCUT2D eigenvalue weighted by atomic mass is 10.1. The van der Waals surface area contributed by atoms with Gasteiger partial charge in [0.2, 0.25) is 5.91 Å². The smallest absolute Gasteiger partial charge is 0.248 e. The van der Waals surface area contributed by atoms with Crippen LogP contribution in [0.15, 0.2) is 36.7 Å². The Bertz CT molecular complexity index is 1060. The summed E-state index contributed by atoms with van der Waals surface area (Å²) in [5, 5.41) is 19.1. The van der Waals surface area contributed by atoms with Crippen LogP contribution in [0.1, 0.15) is 32.4 Å². The highest BCUT2D eigenvalue weighted by Gasteiger charge is 2.24. The van der Waals surface area contributed by atoms with Gasteiger partial charge in [0.25, 0.3) is 0 Å². The molecule has 1 aromatic carbocycles. The Balaban J connectivity index is 1.51. The lowest BCUT2D eigenvalue weighted by Crippen LogP contribution is -2.50. The minimum atomic E-state index is 0.0439. The molecule has 1 unspecified atom stereocenters. The third-order valence-electron chi connectivity index (χ3n) is 5.86. The van der Waals surface area contributed by atoms with E-state index in [9.17, 15) is 4.79 Å². The SMILES string of the molecule is CCOCC(=O)N1CCN(c2nnc(NC(C)c3cnn(CC)c3)c3ccccc23)CC1. The van der Waals surface area contributed by atoms with E-state index in [1.54, 1.807) is 0 Å². The van der Waals surface area contributed by atoms with E-state index in [1.807, 2.05) is 41.0 Å². The number of aryl methyl sites for hydroxylation is 1. The largest absolute Gasteiger partial charge is 0.372 e. The predicted octanol–water partition coefficient (Wildman–Crippen LogP) is 2.70. The molecular weight excluding hydrogens is 406 g/mol. The zero-order chi connectivity index (χ0) is 22.5. The molecule has 1 N–H and O–H groups in total. The third-order valence-corrected chi connectivity index (χ3v) is 5.86. The number of fused-ring (bicyclic) bond motifs is 1. The summed E-state index contributed by atoms with van der Waals surface area (Å²) < 4.78 is 7.18. The van der Waals surface area contributed by atoms with Crippen LogP contribution in [0.25, 0.3) is 10.8 Å². The van der Waals surface area contributed by atoms with Gasteiger partial charge in [-0.15, -0.1) is 10.2 Å². The van der Waals surface area contributed by atoms with Crippen molar-refractivity contribution < 1.29 is 9.53 Å². The molecule has 1 aliphatic rings. The number of amides is 1. The molecule has 4 rings (SSSR count). The maximum Gasteiger partial charge on any atom is 0.248 e. The van der Waals surface area contributed by atoms with Crippen molar-refractivity contribution in [1.82, 2.24) is 24.9 Å². The van der Waals surface area contributed by atoms with Gasteiger partial charge in [-0.25, -0.2) is 0 Å². The molecule has 3 aromatic rings. The van der Waals surface area contributed by atoms with E-state index in [2.05, 4.69) is 51.5 Å². The van der Waals surface area contributed by atoms with Crippen LogP contribution >= 0.6 is 0 Å². The van der Waals surface area contributed by atoms with Crippen LogP contribution < -0.4 is 10.2 Å². The van der Waals surface area contributed by atoms with Crippen molar-refractivity contribution in [2.75, 3.05) is 49.6 Å². The molecule has 0 bridgehead atoms. The molecule has 1 amide bonds. The van der Waals surface area contributed by atoms with E-state index in [1.165, 1.54) is 0 Å². The number of hydrogen-bond acceptors (Lipinski definition) is 7. The fourth-order valence-electron chi connectivity index (χ4n) is 3.94. The molecule has 9 nitrogen and oxygen atoms in total. The normalized spacial score (nSPS) is 15.2. The topological polar surface area (TPSA) is 88.4 Å². The molecule has 0 spiro atoms. The zero-order valence-corrected chi connectivity index (χ0v) is 19.0. The molecule has 0 aliphatic carbocycles. The highest BCUT2D eigenvalue weighted by molar-refractivity contribution is 5.98. The number of carbonyl (C=O) groups excluding carboxylic acids is 1. The van der Waals surface area contributed by atoms with E-state index in [4.69, 9.17) is 4.74 Å². The summed E-state index contributed by atoms with van der Waals surface area (Å²) in [5.74, 6) is 1.66. The molecular formula is C23H31N7O2. The average molecular weight is 438 g/mol. The van der Waals surface area contributed by atoms with Crippen LogP contribution in [-0.2, 0) is 16.1 Å². The molecule has 1 atom stereocenters. The van der Waals surface area contributed by atoms with E-state index >= 15 is 0 Å². The van der Waals surface area contributed by atoms with Crippen LogP contribution in [0.4, 0.5) is 11.6 Å². The average Bonchev–Trinajstić information content (AvgIpc) is 3.32. The van der Waals surface area contributed by atoms with Crippen LogP contribution in [0.2, 0.25) is 0 Å². The number of anilines is 2. The number of carbonyl (C=O) groups is 1. The summed E-state index contributed by atoms with van der Waals surface area (Å²) in [4.78, 5) is 16.3. The lowest BCUT2D eigenvalue weighted by molar-refractivity contribution is -0.136. The fraction of sp³-hybridized carbons (Fsp3) is 0.478. The lowest BCUT2D eigenvalue weighted by Gasteiger charge is -2.35. The van der Waals surface area contributed by atoms with E-state index in [-0.39, 0.29) is 18.6 Å². The third kappa shape index (κ3) is 4.67. The van der Waals surface area contributed by atoms with Crippen LogP contribution in [0, 0.1) is 0 Å². The van der Waals surface area contributed by atoms with Crippen molar-refractivity contribution in [1.29, 1.82) is 0 Å². The number of aromatic nitrogens is 4. The number of nitrogens with one attached hydrogen (secondary N) is 1. The van der Waals surface area contributed by atoms with Gasteiger partial charge in [0.05, 0.1) is 12.2 Å². The summed E-state index contributed by atoms with van der Waals surface area (Å²) in [6.45, 7) is 10.3. The number of hydrogen-bond donors (Lipinski definition) is 1. The highest BCUT2D eigenvalue weighted by Crippen LogP contribution is 2.30. The number of ether oxygens (including phenoxy) is 1. The second-order valence-corrected chi connectivity index (χ2v) is 7.92. The summed E-state index contributed by atoms with van der Waals surface area (Å²) in [7, 11) is 0. The zero-order valence-electron chi connectivity index (χ0n) is 19.0. The van der Waals surface area contributed by atoms with Crippen molar-refractivity contribution in [3.8, 4) is 0 Å².